The maximum Gasteiger partial charge on any atom is 0.417 e. The van der Waals surface area contributed by atoms with E-state index in [1.165, 1.54) is 12.1 Å². The van der Waals surface area contributed by atoms with Crippen LogP contribution in [-0.2, 0) is 6.18 Å². The summed E-state index contributed by atoms with van der Waals surface area (Å²) in [7, 11) is 0. The molecule has 1 aromatic heterocycles. The van der Waals surface area contributed by atoms with Crippen LogP contribution >= 0.6 is 0 Å². The lowest BCUT2D eigenvalue weighted by Gasteiger charge is -2.43. The quantitative estimate of drug-likeness (QED) is 0.782. The van der Waals surface area contributed by atoms with Crippen molar-refractivity contribution in [3.8, 4) is 11.3 Å². The molecule has 1 aliphatic heterocycles. The molecule has 2 aromatic rings. The molecule has 0 radical (unpaired) electrons. The molecule has 1 saturated heterocycles. The molecule has 0 atom stereocenters. The van der Waals surface area contributed by atoms with E-state index < -0.39 is 11.7 Å². The van der Waals surface area contributed by atoms with Gasteiger partial charge in [-0.15, -0.1) is 0 Å². The highest BCUT2D eigenvalue weighted by atomic mass is 19.4. The molecule has 0 unspecified atom stereocenters. The molecule has 3 nitrogen and oxygen atoms in total. The van der Waals surface area contributed by atoms with E-state index in [2.05, 4.69) is 16.5 Å². The molecule has 1 N–H and O–H groups in total. The van der Waals surface area contributed by atoms with E-state index >= 15 is 0 Å². The number of nitrogens with zero attached hydrogens (tertiary/aromatic N) is 1. The lowest BCUT2D eigenvalue weighted by molar-refractivity contribution is -0.137. The first-order chi connectivity index (χ1) is 13.0. The third-order valence-electron chi connectivity index (χ3n) is 6.10. The van der Waals surface area contributed by atoms with Crippen molar-refractivity contribution in [1.82, 2.24) is 10.5 Å². The first-order valence-corrected chi connectivity index (χ1v) is 9.56. The topological polar surface area (TPSA) is 38.1 Å². The minimum Gasteiger partial charge on any atom is -0.360 e. The monoisotopic (exact) mass is 374 g/mol. The van der Waals surface area contributed by atoms with Gasteiger partial charge in [0.25, 0.3) is 0 Å². The third kappa shape index (κ3) is 2.90. The van der Waals surface area contributed by atoms with E-state index in [0.29, 0.717) is 11.6 Å². The predicted octanol–water partition coefficient (Wildman–Crippen LogP) is 5.39. The highest BCUT2D eigenvalue weighted by molar-refractivity contribution is 5.85. The lowest BCUT2D eigenvalue weighted by atomic mass is 9.63. The van der Waals surface area contributed by atoms with E-state index in [4.69, 9.17) is 4.52 Å². The van der Waals surface area contributed by atoms with Gasteiger partial charge in [0.15, 0.2) is 0 Å². The molecule has 2 heterocycles. The Hall–Kier alpha value is -2.08. The first kappa shape index (κ1) is 17.0. The van der Waals surface area contributed by atoms with Gasteiger partial charge in [0.05, 0.1) is 5.56 Å². The summed E-state index contributed by atoms with van der Waals surface area (Å²) in [6.45, 7) is 1.99. The van der Waals surface area contributed by atoms with Crippen molar-refractivity contribution in [2.45, 2.75) is 44.2 Å². The molecular formula is C21H21F3N2O. The summed E-state index contributed by atoms with van der Waals surface area (Å²) in [4.78, 5) is 0. The summed E-state index contributed by atoms with van der Waals surface area (Å²) in [6, 6.07) is 5.66. The molecule has 3 aliphatic rings. The van der Waals surface area contributed by atoms with Crippen molar-refractivity contribution in [3.05, 3.63) is 47.2 Å². The number of piperidine rings is 1. The van der Waals surface area contributed by atoms with Crippen LogP contribution in [0.25, 0.3) is 16.8 Å². The van der Waals surface area contributed by atoms with Crippen LogP contribution in [0.15, 0.2) is 34.9 Å². The maximum absolute atomic E-state index is 13.5. The molecular weight excluding hydrogens is 353 g/mol. The van der Waals surface area contributed by atoms with Gasteiger partial charge in [-0.3, -0.25) is 0 Å². The van der Waals surface area contributed by atoms with E-state index in [1.807, 2.05) is 0 Å². The molecule has 1 saturated carbocycles. The van der Waals surface area contributed by atoms with Gasteiger partial charge < -0.3 is 9.84 Å². The summed E-state index contributed by atoms with van der Waals surface area (Å²) in [5.74, 6) is 1.07. The van der Waals surface area contributed by atoms with Gasteiger partial charge in [-0.05, 0) is 62.2 Å². The van der Waals surface area contributed by atoms with Crippen LogP contribution in [0, 0.1) is 5.41 Å². The van der Waals surface area contributed by atoms with Crippen molar-refractivity contribution < 1.29 is 17.7 Å². The minimum atomic E-state index is -4.42. The summed E-state index contributed by atoms with van der Waals surface area (Å²) in [5, 5.41) is 7.50. The number of nitrogens with one attached hydrogen (secondary N) is 1. The van der Waals surface area contributed by atoms with Gasteiger partial charge in [0, 0.05) is 17.0 Å². The molecule has 2 aliphatic carbocycles. The Morgan fingerprint density at radius 1 is 1.11 bits per heavy atom. The first-order valence-electron chi connectivity index (χ1n) is 9.56. The maximum atomic E-state index is 13.5. The van der Waals surface area contributed by atoms with Crippen LogP contribution in [0.2, 0.25) is 0 Å². The lowest BCUT2D eigenvalue weighted by Crippen LogP contribution is -2.39. The van der Waals surface area contributed by atoms with Crippen LogP contribution in [0.1, 0.15) is 54.9 Å². The summed E-state index contributed by atoms with van der Waals surface area (Å²) < 4.78 is 46.2. The predicted molar refractivity (Wildman–Crippen MR) is 96.0 cm³/mol. The number of alkyl halides is 3. The molecule has 6 heteroatoms. The smallest absolute Gasteiger partial charge is 0.360 e. The zero-order valence-corrected chi connectivity index (χ0v) is 14.9. The van der Waals surface area contributed by atoms with Crippen molar-refractivity contribution >= 4 is 5.57 Å². The molecule has 0 amide bonds. The Morgan fingerprint density at radius 2 is 1.81 bits per heavy atom. The van der Waals surface area contributed by atoms with Crippen LogP contribution in [0.3, 0.4) is 0 Å². The number of aromatic nitrogens is 1. The average molecular weight is 374 g/mol. The second-order valence-electron chi connectivity index (χ2n) is 8.05. The van der Waals surface area contributed by atoms with Crippen LogP contribution in [0.4, 0.5) is 13.2 Å². The normalized spacial score (nSPS) is 21.8. The van der Waals surface area contributed by atoms with Crippen molar-refractivity contribution in [2.24, 2.45) is 5.41 Å². The number of rotatable bonds is 3. The Balaban J connectivity index is 1.61. The van der Waals surface area contributed by atoms with Crippen molar-refractivity contribution in [1.29, 1.82) is 0 Å². The molecule has 1 aromatic carbocycles. The van der Waals surface area contributed by atoms with Crippen LogP contribution in [-0.4, -0.2) is 18.2 Å². The summed E-state index contributed by atoms with van der Waals surface area (Å²) in [5.41, 5.74) is 1.92. The zero-order valence-electron chi connectivity index (χ0n) is 14.9. The second kappa shape index (κ2) is 5.96. The fourth-order valence-electron chi connectivity index (χ4n) is 4.48. The molecule has 0 bridgehead atoms. The van der Waals surface area contributed by atoms with Gasteiger partial charge in [-0.1, -0.05) is 29.4 Å². The molecule has 27 heavy (non-hydrogen) atoms. The summed E-state index contributed by atoms with van der Waals surface area (Å²) in [6.07, 6.45) is 2.94. The van der Waals surface area contributed by atoms with E-state index in [9.17, 15) is 13.2 Å². The van der Waals surface area contributed by atoms with E-state index in [-0.39, 0.29) is 11.0 Å². The average Bonchev–Trinajstić information content (AvgIpc) is 3.38. The highest BCUT2D eigenvalue weighted by Gasteiger charge is 2.43. The highest BCUT2D eigenvalue weighted by Crippen LogP contribution is 2.55. The van der Waals surface area contributed by atoms with Gasteiger partial charge in [0.2, 0.25) is 0 Å². The number of allylic oxidation sites excluding steroid dienone is 2. The van der Waals surface area contributed by atoms with Gasteiger partial charge in [-0.25, -0.2) is 0 Å². The zero-order chi connectivity index (χ0) is 18.6. The van der Waals surface area contributed by atoms with Gasteiger partial charge in [-0.2, -0.15) is 13.2 Å². The van der Waals surface area contributed by atoms with Gasteiger partial charge >= 0.3 is 6.18 Å². The summed E-state index contributed by atoms with van der Waals surface area (Å²) >= 11 is 0. The van der Waals surface area contributed by atoms with Gasteiger partial charge in [0.1, 0.15) is 11.5 Å². The fraction of sp³-hybridized carbons (Fsp3) is 0.476. The molecule has 2 fully saturated rings. The largest absolute Gasteiger partial charge is 0.417 e. The number of benzene rings is 1. The number of hydrogen-bond donors (Lipinski definition) is 1. The number of hydrogen-bond acceptors (Lipinski definition) is 3. The van der Waals surface area contributed by atoms with Crippen molar-refractivity contribution in [3.63, 3.8) is 0 Å². The van der Waals surface area contributed by atoms with Crippen LogP contribution in [0.5, 0.6) is 0 Å². The Labute approximate surface area is 155 Å². The number of halogens is 3. The molecule has 1 spiro atoms. The Bertz CT molecular complexity index is 902. The van der Waals surface area contributed by atoms with E-state index in [1.54, 1.807) is 6.07 Å². The standard InChI is InChI=1S/C21H21F3N2O/c22-21(23,24)16-4-2-1-3-15(16)18-17(19(27-26-18)13-5-6-13)14-11-20(12-14)7-9-25-10-8-20/h1-4,11,13,25H,5-10,12H2. The fourth-order valence-corrected chi connectivity index (χ4v) is 4.48. The third-order valence-corrected chi connectivity index (χ3v) is 6.10. The second-order valence-corrected chi connectivity index (χ2v) is 8.05. The molecule has 5 rings (SSSR count). The van der Waals surface area contributed by atoms with Crippen LogP contribution < -0.4 is 5.32 Å². The Kier molecular flexibility index (Phi) is 3.76. The minimum absolute atomic E-state index is 0.114. The Morgan fingerprint density at radius 3 is 2.48 bits per heavy atom. The van der Waals surface area contributed by atoms with E-state index in [0.717, 1.165) is 68.2 Å². The molecule has 142 valence electrons. The SMILES string of the molecule is FC(F)(F)c1ccccc1-c1noc(C2CC2)c1C1=CC2(CCNCC2)C1. The van der Waals surface area contributed by atoms with Crippen molar-refractivity contribution in [2.75, 3.05) is 13.1 Å².